The zero-order valence-electron chi connectivity index (χ0n) is 13.6. The summed E-state index contributed by atoms with van der Waals surface area (Å²) in [5.74, 6) is 2.08. The van der Waals surface area contributed by atoms with Crippen LogP contribution in [0.5, 0.6) is 0 Å². The molecular formula is C20H22N2O. The quantitative estimate of drug-likeness (QED) is 0.729. The normalized spacial score (nSPS) is 17.6. The van der Waals surface area contributed by atoms with Crippen LogP contribution in [0.3, 0.4) is 0 Å². The van der Waals surface area contributed by atoms with Gasteiger partial charge in [-0.2, -0.15) is 0 Å². The average Bonchev–Trinajstić information content (AvgIpc) is 3.03. The molecule has 23 heavy (non-hydrogen) atoms. The Bertz CT molecular complexity index is 740. The summed E-state index contributed by atoms with van der Waals surface area (Å²) in [5, 5.41) is 0. The Morgan fingerprint density at radius 1 is 1.39 bits per heavy atom. The summed E-state index contributed by atoms with van der Waals surface area (Å²) in [5.41, 5.74) is 4.24. The van der Waals surface area contributed by atoms with Crippen LogP contribution < -0.4 is 0 Å². The van der Waals surface area contributed by atoms with Gasteiger partial charge in [0.1, 0.15) is 5.76 Å². The number of rotatable bonds is 5. The molecule has 1 unspecified atom stereocenters. The van der Waals surface area contributed by atoms with Gasteiger partial charge in [-0.25, -0.2) is 4.98 Å². The van der Waals surface area contributed by atoms with E-state index in [0.717, 1.165) is 54.0 Å². The summed E-state index contributed by atoms with van der Waals surface area (Å²) in [6, 6.07) is 10.1. The van der Waals surface area contributed by atoms with E-state index in [4.69, 9.17) is 9.40 Å². The number of aromatic nitrogens is 1. The second kappa shape index (κ2) is 6.78. The highest BCUT2D eigenvalue weighted by Gasteiger charge is 2.28. The maximum Gasteiger partial charge on any atom is 0.226 e. The number of aliphatic imine (C=N–C) groups is 1. The fourth-order valence-electron chi connectivity index (χ4n) is 3.08. The summed E-state index contributed by atoms with van der Waals surface area (Å²) < 4.78 is 5.97. The number of fused-ring (bicyclic) bond motifs is 1. The SMILES string of the molecule is C=CN=C(C(=C)CC)C1CCc2oc(-c3ccccc3)nc2C1. The molecule has 0 radical (unpaired) electrons. The van der Waals surface area contributed by atoms with Crippen molar-refractivity contribution in [1.29, 1.82) is 0 Å². The van der Waals surface area contributed by atoms with Gasteiger partial charge in [-0.05, 0) is 30.5 Å². The minimum absolute atomic E-state index is 0.349. The summed E-state index contributed by atoms with van der Waals surface area (Å²) in [6.45, 7) is 10.0. The monoisotopic (exact) mass is 306 g/mol. The minimum atomic E-state index is 0.349. The maximum absolute atomic E-state index is 5.97. The molecule has 0 saturated heterocycles. The first-order valence-corrected chi connectivity index (χ1v) is 8.13. The van der Waals surface area contributed by atoms with Crippen molar-refractivity contribution in [3.8, 4) is 11.5 Å². The van der Waals surface area contributed by atoms with Crippen LogP contribution in [0.25, 0.3) is 11.5 Å². The number of hydrogen-bond donors (Lipinski definition) is 0. The zero-order chi connectivity index (χ0) is 16.2. The molecule has 1 aliphatic rings. The second-order valence-corrected chi connectivity index (χ2v) is 5.85. The lowest BCUT2D eigenvalue weighted by atomic mass is 9.83. The van der Waals surface area contributed by atoms with Crippen molar-refractivity contribution >= 4 is 5.71 Å². The van der Waals surface area contributed by atoms with E-state index in [-0.39, 0.29) is 0 Å². The molecule has 3 nitrogen and oxygen atoms in total. The first-order valence-electron chi connectivity index (χ1n) is 8.13. The Hall–Kier alpha value is -2.42. The lowest BCUT2D eigenvalue weighted by Crippen LogP contribution is -2.23. The largest absolute Gasteiger partial charge is 0.441 e. The molecule has 1 atom stereocenters. The highest BCUT2D eigenvalue weighted by atomic mass is 16.4. The maximum atomic E-state index is 5.97. The Kier molecular flexibility index (Phi) is 4.56. The highest BCUT2D eigenvalue weighted by molar-refractivity contribution is 6.01. The third kappa shape index (κ3) is 3.19. The van der Waals surface area contributed by atoms with Gasteiger partial charge in [0.05, 0.1) is 5.69 Å². The molecule has 0 fully saturated rings. The molecule has 118 valence electrons. The Balaban J connectivity index is 1.86. The molecule has 0 amide bonds. The average molecular weight is 306 g/mol. The van der Waals surface area contributed by atoms with Crippen molar-refractivity contribution < 1.29 is 4.42 Å². The Morgan fingerprint density at radius 3 is 2.87 bits per heavy atom. The predicted octanol–water partition coefficient (Wildman–Crippen LogP) is 5.00. The van der Waals surface area contributed by atoms with E-state index < -0.39 is 0 Å². The molecular weight excluding hydrogens is 284 g/mol. The fourth-order valence-corrected chi connectivity index (χ4v) is 3.08. The van der Waals surface area contributed by atoms with Crippen molar-refractivity contribution in [2.75, 3.05) is 0 Å². The van der Waals surface area contributed by atoms with Crippen LogP contribution >= 0.6 is 0 Å². The number of nitrogens with zero attached hydrogens (tertiary/aromatic N) is 2. The van der Waals surface area contributed by atoms with Gasteiger partial charge in [-0.15, -0.1) is 0 Å². The summed E-state index contributed by atoms with van der Waals surface area (Å²) in [4.78, 5) is 9.20. The Morgan fingerprint density at radius 2 is 2.17 bits per heavy atom. The molecule has 1 aromatic heterocycles. The molecule has 1 aromatic carbocycles. The van der Waals surface area contributed by atoms with Gasteiger partial charge in [0.25, 0.3) is 0 Å². The van der Waals surface area contributed by atoms with Crippen LogP contribution in [0.1, 0.15) is 31.2 Å². The smallest absolute Gasteiger partial charge is 0.226 e. The minimum Gasteiger partial charge on any atom is -0.441 e. The summed E-state index contributed by atoms with van der Waals surface area (Å²) >= 11 is 0. The summed E-state index contributed by atoms with van der Waals surface area (Å²) in [7, 11) is 0. The Labute approximate surface area is 137 Å². The van der Waals surface area contributed by atoms with Gasteiger partial charge < -0.3 is 4.42 Å². The molecule has 0 spiro atoms. The van der Waals surface area contributed by atoms with Gasteiger partial charge in [-0.1, -0.05) is 38.3 Å². The predicted molar refractivity (Wildman–Crippen MR) is 94.5 cm³/mol. The van der Waals surface area contributed by atoms with Gasteiger partial charge in [-0.3, -0.25) is 4.99 Å². The third-order valence-corrected chi connectivity index (χ3v) is 4.36. The van der Waals surface area contributed by atoms with Crippen LogP contribution in [0.15, 0.2) is 64.7 Å². The van der Waals surface area contributed by atoms with E-state index >= 15 is 0 Å². The lowest BCUT2D eigenvalue weighted by molar-refractivity contribution is 0.463. The van der Waals surface area contributed by atoms with E-state index in [1.807, 2.05) is 30.3 Å². The van der Waals surface area contributed by atoms with Crippen LogP contribution in [0.4, 0.5) is 0 Å². The van der Waals surface area contributed by atoms with Crippen molar-refractivity contribution in [2.24, 2.45) is 10.9 Å². The zero-order valence-corrected chi connectivity index (χ0v) is 13.6. The number of allylic oxidation sites excluding steroid dienone is 1. The molecule has 0 bridgehead atoms. The number of aryl methyl sites for hydroxylation is 1. The van der Waals surface area contributed by atoms with Gasteiger partial charge >= 0.3 is 0 Å². The second-order valence-electron chi connectivity index (χ2n) is 5.85. The van der Waals surface area contributed by atoms with E-state index in [1.54, 1.807) is 6.20 Å². The molecule has 3 heteroatoms. The van der Waals surface area contributed by atoms with E-state index in [0.29, 0.717) is 11.8 Å². The third-order valence-electron chi connectivity index (χ3n) is 4.36. The van der Waals surface area contributed by atoms with Crippen molar-refractivity contribution in [1.82, 2.24) is 4.98 Å². The van der Waals surface area contributed by atoms with Gasteiger partial charge in [0, 0.05) is 36.2 Å². The number of hydrogen-bond acceptors (Lipinski definition) is 3. The molecule has 1 heterocycles. The topological polar surface area (TPSA) is 38.4 Å². The number of oxazole rings is 1. The molecule has 3 rings (SSSR count). The van der Waals surface area contributed by atoms with Crippen molar-refractivity contribution in [2.45, 2.75) is 32.6 Å². The first-order chi connectivity index (χ1) is 11.2. The molecule has 0 saturated carbocycles. The van der Waals surface area contributed by atoms with Crippen LogP contribution in [0, 0.1) is 5.92 Å². The molecule has 2 aromatic rings. The van der Waals surface area contributed by atoms with Gasteiger partial charge in [0.2, 0.25) is 5.89 Å². The van der Waals surface area contributed by atoms with E-state index in [1.165, 1.54) is 0 Å². The molecule has 0 N–H and O–H groups in total. The molecule has 1 aliphatic carbocycles. The number of benzene rings is 1. The van der Waals surface area contributed by atoms with Gasteiger partial charge in [0.15, 0.2) is 0 Å². The fraction of sp³-hybridized carbons (Fsp3) is 0.300. The van der Waals surface area contributed by atoms with E-state index in [2.05, 4.69) is 25.1 Å². The first kappa shape index (κ1) is 15.5. The summed E-state index contributed by atoms with van der Waals surface area (Å²) in [6.07, 6.45) is 5.29. The van der Waals surface area contributed by atoms with Crippen molar-refractivity contribution in [3.63, 3.8) is 0 Å². The molecule has 0 aliphatic heterocycles. The lowest BCUT2D eigenvalue weighted by Gasteiger charge is -2.22. The van der Waals surface area contributed by atoms with Crippen LogP contribution in [-0.4, -0.2) is 10.7 Å². The standard InChI is InChI=1S/C20H22N2O/c1-4-14(3)19(21-5-2)16-11-12-18-17(13-16)22-20(23-18)15-9-7-6-8-10-15/h5-10,16H,2-4,11-13H2,1H3. The highest BCUT2D eigenvalue weighted by Crippen LogP contribution is 2.32. The van der Waals surface area contributed by atoms with Crippen molar-refractivity contribution in [3.05, 3.63) is 66.7 Å². The van der Waals surface area contributed by atoms with E-state index in [9.17, 15) is 0 Å². The van der Waals surface area contributed by atoms with Crippen LogP contribution in [0.2, 0.25) is 0 Å². The van der Waals surface area contributed by atoms with Crippen LogP contribution in [-0.2, 0) is 12.8 Å².